The second-order valence-corrected chi connectivity index (χ2v) is 16.4. The standard InChI is InChI=1S/C49H38Cl3N3O6/c50-40-4-2-1-3-35(40)26-55-27-38-24-46-37(23-45(56)47(61-46)34-14-16-39(17-15-34)60-28-31-9-18-41(51)42(52)19-31)21-36(38)22-44(55)48(57)54-43(49(58)59)20-29-5-10-32(11-6-29)33-12-7-30(25-53)8-13-33/h1-19,21,24,43-44,47H,20,22-23,26-28H2,(H,54,57)(H,58,59)/t43-,44-,47?/m0/s1. The third-order valence-electron chi connectivity index (χ3n) is 11.1. The summed E-state index contributed by atoms with van der Waals surface area (Å²) in [6.07, 6.45) is -0.304. The van der Waals surface area contributed by atoms with Crippen molar-refractivity contribution in [2.45, 2.75) is 57.1 Å². The van der Waals surface area contributed by atoms with E-state index in [9.17, 15) is 19.5 Å². The molecule has 0 saturated carbocycles. The van der Waals surface area contributed by atoms with E-state index >= 15 is 0 Å². The van der Waals surface area contributed by atoms with Gasteiger partial charge in [0.1, 0.15) is 24.1 Å². The number of ether oxygens (including phenoxy) is 2. The molecule has 0 fully saturated rings. The van der Waals surface area contributed by atoms with Crippen LogP contribution >= 0.6 is 34.8 Å². The van der Waals surface area contributed by atoms with Crippen molar-refractivity contribution in [2.24, 2.45) is 0 Å². The number of hydrogen-bond donors (Lipinski definition) is 2. The molecular formula is C49H38Cl3N3O6. The van der Waals surface area contributed by atoms with Crippen molar-refractivity contribution in [1.29, 1.82) is 5.26 Å². The van der Waals surface area contributed by atoms with Crippen molar-refractivity contribution >= 4 is 52.5 Å². The van der Waals surface area contributed by atoms with Crippen molar-refractivity contribution in [1.82, 2.24) is 10.2 Å². The second kappa shape index (κ2) is 18.2. The summed E-state index contributed by atoms with van der Waals surface area (Å²) in [7, 11) is 0. The Morgan fingerprint density at radius 1 is 0.820 bits per heavy atom. The molecule has 9 nitrogen and oxygen atoms in total. The van der Waals surface area contributed by atoms with Gasteiger partial charge in [0.15, 0.2) is 11.9 Å². The van der Waals surface area contributed by atoms with Crippen molar-refractivity contribution in [3.8, 4) is 28.7 Å². The molecule has 12 heteroatoms. The Morgan fingerprint density at radius 2 is 1.52 bits per heavy atom. The Labute approximate surface area is 368 Å². The highest BCUT2D eigenvalue weighted by Gasteiger charge is 2.37. The number of halogens is 3. The first-order valence-corrected chi connectivity index (χ1v) is 20.8. The fourth-order valence-corrected chi connectivity index (χ4v) is 8.29. The van der Waals surface area contributed by atoms with Gasteiger partial charge in [-0.1, -0.05) is 114 Å². The molecule has 2 heterocycles. The Balaban J connectivity index is 0.984. The summed E-state index contributed by atoms with van der Waals surface area (Å²) in [5.74, 6) is -0.456. The lowest BCUT2D eigenvalue weighted by Crippen LogP contribution is -2.54. The number of amides is 1. The SMILES string of the molecule is N#Cc1ccc(-c2ccc(C[C@H](NC(=O)[C@@H]3Cc4cc5c(cc4CN3Cc3ccccc3Cl)OC(c3ccc(OCc4ccc(Cl)c(Cl)c4)cc3)C(=O)C5)C(=O)O)cc2)cc1. The van der Waals surface area contributed by atoms with E-state index in [1.807, 2.05) is 89.8 Å². The molecule has 2 aliphatic rings. The van der Waals surface area contributed by atoms with Crippen LogP contribution in [-0.4, -0.2) is 39.7 Å². The average Bonchev–Trinajstić information content (AvgIpc) is 3.26. The van der Waals surface area contributed by atoms with Crippen molar-refractivity contribution in [3.63, 3.8) is 0 Å². The number of fused-ring (bicyclic) bond motifs is 2. The lowest BCUT2D eigenvalue weighted by molar-refractivity contribution is -0.142. The topological polar surface area (TPSA) is 129 Å². The van der Waals surface area contributed by atoms with Gasteiger partial charge in [-0.15, -0.1) is 0 Å². The van der Waals surface area contributed by atoms with Crippen LogP contribution in [0.2, 0.25) is 15.1 Å². The molecule has 0 saturated heterocycles. The van der Waals surface area contributed by atoms with Crippen LogP contribution in [-0.2, 0) is 53.3 Å². The molecule has 3 atom stereocenters. The minimum atomic E-state index is -1.19. The predicted octanol–water partition coefficient (Wildman–Crippen LogP) is 9.75. The summed E-state index contributed by atoms with van der Waals surface area (Å²) in [4.78, 5) is 42.4. The molecule has 0 aromatic heterocycles. The van der Waals surface area contributed by atoms with Crippen LogP contribution in [0.15, 0.2) is 127 Å². The number of Topliss-reactive ketones (excluding diaryl/α,β-unsaturated/α-hetero) is 1. The molecule has 6 aromatic carbocycles. The molecule has 2 aliphatic heterocycles. The summed E-state index contributed by atoms with van der Waals surface area (Å²) in [6, 6.07) is 38.8. The largest absolute Gasteiger partial charge is 0.489 e. The quantitative estimate of drug-likeness (QED) is 0.124. The second-order valence-electron chi connectivity index (χ2n) is 15.2. The Bertz CT molecular complexity index is 2660. The Hall–Kier alpha value is -6.15. The summed E-state index contributed by atoms with van der Waals surface area (Å²) >= 11 is 18.8. The number of nitrogens with one attached hydrogen (secondary N) is 1. The molecule has 0 radical (unpaired) electrons. The first kappa shape index (κ1) is 41.6. The van der Waals surface area contributed by atoms with Crippen LogP contribution < -0.4 is 14.8 Å². The molecular weight excluding hydrogens is 833 g/mol. The molecule has 0 aliphatic carbocycles. The number of carbonyl (C=O) groups excluding carboxylic acids is 2. The smallest absolute Gasteiger partial charge is 0.326 e. The highest BCUT2D eigenvalue weighted by molar-refractivity contribution is 6.42. The summed E-state index contributed by atoms with van der Waals surface area (Å²) in [5, 5.41) is 23.7. The van der Waals surface area contributed by atoms with Crippen LogP contribution in [0.3, 0.4) is 0 Å². The average molecular weight is 871 g/mol. The third-order valence-corrected chi connectivity index (χ3v) is 12.2. The van der Waals surface area contributed by atoms with Gasteiger partial charge in [0.25, 0.3) is 0 Å². The number of ketones is 1. The number of benzene rings is 6. The first-order valence-electron chi connectivity index (χ1n) is 19.6. The molecule has 0 bridgehead atoms. The number of hydrogen-bond acceptors (Lipinski definition) is 7. The maximum absolute atomic E-state index is 14.2. The number of carboxylic acids is 1. The monoisotopic (exact) mass is 869 g/mol. The van der Waals surface area contributed by atoms with Gasteiger partial charge in [0.05, 0.1) is 27.7 Å². The van der Waals surface area contributed by atoms with Crippen LogP contribution in [0.25, 0.3) is 11.1 Å². The number of carbonyl (C=O) groups is 3. The van der Waals surface area contributed by atoms with E-state index in [-0.39, 0.29) is 25.0 Å². The third kappa shape index (κ3) is 9.59. The summed E-state index contributed by atoms with van der Waals surface area (Å²) in [5.41, 5.74) is 8.09. The predicted molar refractivity (Wildman–Crippen MR) is 234 cm³/mol. The van der Waals surface area contributed by atoms with E-state index in [1.165, 1.54) is 0 Å². The van der Waals surface area contributed by atoms with Gasteiger partial charge in [0, 0.05) is 42.1 Å². The molecule has 1 unspecified atom stereocenters. The van der Waals surface area contributed by atoms with Crippen LogP contribution in [0.1, 0.15) is 50.6 Å². The molecule has 8 rings (SSSR count). The zero-order valence-electron chi connectivity index (χ0n) is 32.6. The van der Waals surface area contributed by atoms with E-state index in [4.69, 9.17) is 49.5 Å². The maximum atomic E-state index is 14.2. The van der Waals surface area contributed by atoms with E-state index < -0.39 is 30.1 Å². The van der Waals surface area contributed by atoms with Crippen LogP contribution in [0.4, 0.5) is 0 Å². The normalized spacial score (nSPS) is 16.3. The lowest BCUT2D eigenvalue weighted by Gasteiger charge is -2.38. The van der Waals surface area contributed by atoms with Gasteiger partial charge in [-0.3, -0.25) is 14.5 Å². The van der Waals surface area contributed by atoms with Gasteiger partial charge in [-0.25, -0.2) is 4.79 Å². The van der Waals surface area contributed by atoms with Gasteiger partial charge in [0.2, 0.25) is 5.91 Å². The minimum Gasteiger partial charge on any atom is -0.489 e. The maximum Gasteiger partial charge on any atom is 0.326 e. The number of rotatable bonds is 12. The summed E-state index contributed by atoms with van der Waals surface area (Å²) in [6.45, 7) is 0.985. The number of aliphatic carboxylic acids is 1. The van der Waals surface area contributed by atoms with E-state index in [0.717, 1.165) is 44.5 Å². The highest BCUT2D eigenvalue weighted by atomic mass is 35.5. The van der Waals surface area contributed by atoms with E-state index in [1.54, 1.807) is 42.5 Å². The van der Waals surface area contributed by atoms with Crippen LogP contribution in [0, 0.1) is 11.3 Å². The molecule has 1 amide bonds. The van der Waals surface area contributed by atoms with Crippen molar-refractivity contribution in [3.05, 3.63) is 187 Å². The van der Waals surface area contributed by atoms with Gasteiger partial charge >= 0.3 is 5.97 Å². The van der Waals surface area contributed by atoms with Crippen LogP contribution in [0.5, 0.6) is 11.5 Å². The molecule has 6 aromatic rings. The lowest BCUT2D eigenvalue weighted by atomic mass is 9.88. The van der Waals surface area contributed by atoms with E-state index in [0.29, 0.717) is 57.4 Å². The zero-order valence-corrected chi connectivity index (χ0v) is 34.9. The number of nitriles is 1. The molecule has 0 spiro atoms. The summed E-state index contributed by atoms with van der Waals surface area (Å²) < 4.78 is 12.3. The van der Waals surface area contributed by atoms with Gasteiger partial charge in [-0.05, 0) is 93.9 Å². The molecule has 306 valence electrons. The Kier molecular flexibility index (Phi) is 12.4. The molecule has 61 heavy (non-hydrogen) atoms. The Morgan fingerprint density at radius 3 is 2.21 bits per heavy atom. The highest BCUT2D eigenvalue weighted by Crippen LogP contribution is 2.38. The number of carboxylic acid groups (broad SMARTS) is 1. The molecule has 2 N–H and O–H groups in total. The zero-order chi connectivity index (χ0) is 42.6. The minimum absolute atomic E-state index is 0.0746. The first-order chi connectivity index (χ1) is 29.5. The van der Waals surface area contributed by atoms with Crippen molar-refractivity contribution in [2.75, 3.05) is 0 Å². The fourth-order valence-electron chi connectivity index (χ4n) is 7.78. The van der Waals surface area contributed by atoms with Gasteiger partial charge in [-0.2, -0.15) is 5.26 Å². The van der Waals surface area contributed by atoms with Crippen molar-refractivity contribution < 1.29 is 29.0 Å². The van der Waals surface area contributed by atoms with Gasteiger partial charge < -0.3 is 19.9 Å². The van der Waals surface area contributed by atoms with E-state index in [2.05, 4.69) is 11.4 Å². The fraction of sp³-hybridized carbons (Fsp3) is 0.184. The number of nitrogens with zero attached hydrogens (tertiary/aromatic N) is 2.